The minimum absolute atomic E-state index is 0.0153. The Labute approximate surface area is 193 Å². The fraction of sp³-hybridized carbons (Fsp3) is 0.455. The fourth-order valence-electron chi connectivity index (χ4n) is 3.75. The highest BCUT2D eigenvalue weighted by molar-refractivity contribution is 5.60. The number of aliphatic hydroxyl groups excluding tert-OH is 1. The minimum atomic E-state index is -0.0986. The Kier molecular flexibility index (Phi) is 7.20. The molecular weight excluding hydrogens is 422 g/mol. The third kappa shape index (κ3) is 5.88. The number of ether oxygens (including phenoxy) is 1. The lowest BCUT2D eigenvalue weighted by molar-refractivity contribution is 0.122. The number of nitrogens with two attached hydrogens (primary N) is 1. The first-order valence-electron chi connectivity index (χ1n) is 11.1. The van der Waals surface area contributed by atoms with Gasteiger partial charge in [-0.1, -0.05) is 13.8 Å². The molecule has 4 rings (SSSR count). The number of morpholine rings is 1. The van der Waals surface area contributed by atoms with E-state index in [1.165, 1.54) is 11.0 Å². The standard InChI is InChI=1S/C22H31N9O2/c1-15(2)11-17(13-32)26-19-12-20(25-14-24-19)31-21(23)28-22(29-31)27-16-3-5-18(6-4-16)30-7-9-33-10-8-30/h3-6,12,14-15,17,32H,7-11,13H2,1-2H3,(H,24,25,26)(H3,23,27,28,29). The molecule has 3 heterocycles. The van der Waals surface area contributed by atoms with Gasteiger partial charge in [-0.3, -0.25) is 0 Å². The average molecular weight is 454 g/mol. The summed E-state index contributed by atoms with van der Waals surface area (Å²) in [5.74, 6) is 2.08. The number of aliphatic hydroxyl groups is 1. The summed E-state index contributed by atoms with van der Waals surface area (Å²) in [6.07, 6.45) is 2.25. The number of nitrogens with zero attached hydrogens (tertiary/aromatic N) is 6. The zero-order chi connectivity index (χ0) is 23.2. The van der Waals surface area contributed by atoms with Gasteiger partial charge in [-0.2, -0.15) is 9.67 Å². The summed E-state index contributed by atoms with van der Waals surface area (Å²) in [4.78, 5) is 15.1. The van der Waals surface area contributed by atoms with E-state index in [0.717, 1.165) is 44.1 Å². The summed E-state index contributed by atoms with van der Waals surface area (Å²) in [6.45, 7) is 7.51. The van der Waals surface area contributed by atoms with E-state index in [-0.39, 0.29) is 18.6 Å². The smallest absolute Gasteiger partial charge is 0.248 e. The molecule has 0 aliphatic carbocycles. The van der Waals surface area contributed by atoms with Crippen LogP contribution in [-0.2, 0) is 4.74 Å². The highest BCUT2D eigenvalue weighted by atomic mass is 16.5. The van der Waals surface area contributed by atoms with E-state index in [1.807, 2.05) is 12.1 Å². The quantitative estimate of drug-likeness (QED) is 0.380. The maximum absolute atomic E-state index is 9.63. The van der Waals surface area contributed by atoms with Crippen molar-refractivity contribution in [1.82, 2.24) is 24.7 Å². The zero-order valence-corrected chi connectivity index (χ0v) is 19.0. The fourth-order valence-corrected chi connectivity index (χ4v) is 3.75. The van der Waals surface area contributed by atoms with Gasteiger partial charge in [0.05, 0.1) is 25.9 Å². The van der Waals surface area contributed by atoms with Crippen molar-refractivity contribution in [2.75, 3.05) is 54.2 Å². The van der Waals surface area contributed by atoms with Gasteiger partial charge >= 0.3 is 0 Å². The van der Waals surface area contributed by atoms with Gasteiger partial charge in [0.1, 0.15) is 12.1 Å². The molecule has 1 atom stereocenters. The molecule has 176 valence electrons. The Balaban J connectivity index is 1.45. The van der Waals surface area contributed by atoms with Crippen LogP contribution in [0.2, 0.25) is 0 Å². The summed E-state index contributed by atoms with van der Waals surface area (Å²) < 4.78 is 6.86. The van der Waals surface area contributed by atoms with Gasteiger partial charge in [0.2, 0.25) is 11.9 Å². The summed E-state index contributed by atoms with van der Waals surface area (Å²) in [5.41, 5.74) is 8.11. The lowest BCUT2D eigenvalue weighted by Crippen LogP contribution is -2.36. The van der Waals surface area contributed by atoms with E-state index in [0.29, 0.717) is 23.5 Å². The van der Waals surface area contributed by atoms with Crippen LogP contribution in [-0.4, -0.2) is 68.8 Å². The van der Waals surface area contributed by atoms with Crippen LogP contribution in [0.3, 0.4) is 0 Å². The molecule has 0 spiro atoms. The third-order valence-corrected chi connectivity index (χ3v) is 5.33. The largest absolute Gasteiger partial charge is 0.394 e. The predicted octanol–water partition coefficient (Wildman–Crippen LogP) is 2.04. The Hall–Kier alpha value is -3.44. The van der Waals surface area contributed by atoms with Gasteiger partial charge in [0.25, 0.3) is 0 Å². The second-order valence-corrected chi connectivity index (χ2v) is 8.39. The topological polar surface area (TPSA) is 139 Å². The first kappa shape index (κ1) is 22.7. The number of aromatic nitrogens is 5. The molecule has 11 heteroatoms. The second-order valence-electron chi connectivity index (χ2n) is 8.39. The average Bonchev–Trinajstić information content (AvgIpc) is 3.19. The molecule has 1 aliphatic heterocycles. The van der Waals surface area contributed by atoms with Gasteiger partial charge in [-0.25, -0.2) is 9.97 Å². The van der Waals surface area contributed by atoms with Crippen molar-refractivity contribution >= 4 is 29.1 Å². The highest BCUT2D eigenvalue weighted by Gasteiger charge is 2.15. The molecule has 0 saturated carbocycles. The van der Waals surface area contributed by atoms with Crippen molar-refractivity contribution in [1.29, 1.82) is 0 Å². The maximum atomic E-state index is 9.63. The minimum Gasteiger partial charge on any atom is -0.394 e. The second kappa shape index (κ2) is 10.5. The van der Waals surface area contributed by atoms with Crippen LogP contribution in [0, 0.1) is 5.92 Å². The van der Waals surface area contributed by atoms with Gasteiger partial charge in [-0.15, -0.1) is 5.10 Å². The van der Waals surface area contributed by atoms with Crippen LogP contribution in [0.5, 0.6) is 0 Å². The Morgan fingerprint density at radius 2 is 1.91 bits per heavy atom. The zero-order valence-electron chi connectivity index (χ0n) is 19.0. The number of nitrogen functional groups attached to an aromatic ring is 1. The molecule has 0 bridgehead atoms. The third-order valence-electron chi connectivity index (χ3n) is 5.33. The van der Waals surface area contributed by atoms with Crippen LogP contribution in [0.25, 0.3) is 5.82 Å². The van der Waals surface area contributed by atoms with Crippen LogP contribution >= 0.6 is 0 Å². The van der Waals surface area contributed by atoms with Crippen LogP contribution in [0.1, 0.15) is 20.3 Å². The number of benzene rings is 1. The number of nitrogens with one attached hydrogen (secondary N) is 2. The first-order chi connectivity index (χ1) is 16.0. The van der Waals surface area contributed by atoms with E-state index in [2.05, 4.69) is 61.6 Å². The lowest BCUT2D eigenvalue weighted by atomic mass is 10.0. The SMILES string of the molecule is CC(C)CC(CO)Nc1cc(-n2nc(Nc3ccc(N4CCOCC4)cc3)nc2N)ncn1. The van der Waals surface area contributed by atoms with Crippen molar-refractivity contribution in [3.8, 4) is 5.82 Å². The van der Waals surface area contributed by atoms with Crippen LogP contribution < -0.4 is 21.3 Å². The molecule has 2 aromatic heterocycles. The van der Waals surface area contributed by atoms with Crippen molar-refractivity contribution in [2.45, 2.75) is 26.3 Å². The summed E-state index contributed by atoms with van der Waals surface area (Å²) in [6, 6.07) is 9.72. The maximum Gasteiger partial charge on any atom is 0.248 e. The summed E-state index contributed by atoms with van der Waals surface area (Å²) >= 11 is 0. The molecule has 1 aliphatic rings. The van der Waals surface area contributed by atoms with Gasteiger partial charge < -0.3 is 31.1 Å². The number of rotatable bonds is 9. The Morgan fingerprint density at radius 3 is 2.61 bits per heavy atom. The molecular formula is C22H31N9O2. The molecule has 1 fully saturated rings. The molecule has 3 aromatic rings. The Morgan fingerprint density at radius 1 is 1.15 bits per heavy atom. The molecule has 5 N–H and O–H groups in total. The van der Waals surface area contributed by atoms with Gasteiger partial charge in [0.15, 0.2) is 5.82 Å². The van der Waals surface area contributed by atoms with E-state index in [9.17, 15) is 5.11 Å². The van der Waals surface area contributed by atoms with E-state index in [1.54, 1.807) is 6.07 Å². The predicted molar refractivity (Wildman–Crippen MR) is 128 cm³/mol. The van der Waals surface area contributed by atoms with Crippen molar-refractivity contribution in [2.24, 2.45) is 5.92 Å². The van der Waals surface area contributed by atoms with Crippen molar-refractivity contribution < 1.29 is 9.84 Å². The van der Waals surface area contributed by atoms with Crippen molar-refractivity contribution in [3.05, 3.63) is 36.7 Å². The molecule has 33 heavy (non-hydrogen) atoms. The summed E-state index contributed by atoms with van der Waals surface area (Å²) in [7, 11) is 0. The number of hydrogen-bond acceptors (Lipinski definition) is 10. The van der Waals surface area contributed by atoms with Gasteiger partial charge in [0, 0.05) is 30.5 Å². The van der Waals surface area contributed by atoms with Crippen LogP contribution in [0.4, 0.5) is 29.1 Å². The van der Waals surface area contributed by atoms with Gasteiger partial charge in [-0.05, 0) is 36.6 Å². The lowest BCUT2D eigenvalue weighted by Gasteiger charge is -2.28. The Bertz CT molecular complexity index is 1030. The monoisotopic (exact) mass is 453 g/mol. The molecule has 0 amide bonds. The van der Waals surface area contributed by atoms with Crippen LogP contribution in [0.15, 0.2) is 36.7 Å². The summed E-state index contributed by atoms with van der Waals surface area (Å²) in [5, 5.41) is 20.5. The normalized spacial score (nSPS) is 15.0. The van der Waals surface area contributed by atoms with Crippen molar-refractivity contribution in [3.63, 3.8) is 0 Å². The van der Waals surface area contributed by atoms with E-state index < -0.39 is 0 Å². The number of hydrogen-bond donors (Lipinski definition) is 4. The highest BCUT2D eigenvalue weighted by Crippen LogP contribution is 2.22. The number of anilines is 5. The molecule has 0 radical (unpaired) electrons. The van der Waals surface area contributed by atoms with E-state index >= 15 is 0 Å². The molecule has 1 saturated heterocycles. The molecule has 11 nitrogen and oxygen atoms in total. The molecule has 1 unspecified atom stereocenters. The first-order valence-corrected chi connectivity index (χ1v) is 11.1. The van der Waals surface area contributed by atoms with E-state index in [4.69, 9.17) is 10.5 Å². The molecule has 1 aromatic carbocycles.